The normalized spacial score (nSPS) is 15.6. The van der Waals surface area contributed by atoms with Crippen molar-refractivity contribution in [3.05, 3.63) is 35.4 Å². The molecule has 0 N–H and O–H groups in total. The maximum Gasteiger partial charge on any atom is 0.380 e. The quantitative estimate of drug-likeness (QED) is 0.475. The number of hydrogen-bond acceptors (Lipinski definition) is 4. The third-order valence-electron chi connectivity index (χ3n) is 4.07. The minimum atomic E-state index is -0.984. The molecule has 2 rings (SSSR count). The van der Waals surface area contributed by atoms with E-state index in [0.717, 1.165) is 18.4 Å². The van der Waals surface area contributed by atoms with Crippen molar-refractivity contribution in [3.63, 3.8) is 0 Å². The Hall–Kier alpha value is -2.17. The van der Waals surface area contributed by atoms with E-state index in [9.17, 15) is 14.4 Å². The number of amides is 1. The van der Waals surface area contributed by atoms with Gasteiger partial charge in [0.15, 0.2) is 6.10 Å². The van der Waals surface area contributed by atoms with E-state index in [1.807, 2.05) is 12.1 Å². The van der Waals surface area contributed by atoms with E-state index < -0.39 is 17.9 Å². The molecule has 0 unspecified atom stereocenters. The second-order valence-corrected chi connectivity index (χ2v) is 6.19. The van der Waals surface area contributed by atoms with E-state index >= 15 is 0 Å². The number of nitrogens with zero attached hydrogens (tertiary/aromatic N) is 1. The standard InChI is InChI=1S/C18H23NO4/c1-12(2)14-6-8-15(9-7-14)16(20)18(22)23-13(3)17(21)19-10-4-5-11-19/h6-9,12-13H,4-5,10-11H2,1-3H3/t13-/m1/s1. The van der Waals surface area contributed by atoms with E-state index in [0.29, 0.717) is 19.0 Å². The molecule has 0 radical (unpaired) electrons. The minimum Gasteiger partial charge on any atom is -0.447 e. The highest BCUT2D eigenvalue weighted by molar-refractivity contribution is 6.40. The van der Waals surface area contributed by atoms with Gasteiger partial charge in [0.1, 0.15) is 0 Å². The molecule has 5 heteroatoms. The second kappa shape index (κ2) is 7.40. The lowest BCUT2D eigenvalue weighted by molar-refractivity contribution is -0.154. The molecule has 23 heavy (non-hydrogen) atoms. The first-order valence-electron chi connectivity index (χ1n) is 8.04. The van der Waals surface area contributed by atoms with Crippen molar-refractivity contribution in [2.45, 2.75) is 45.6 Å². The van der Waals surface area contributed by atoms with Crippen LogP contribution in [0.25, 0.3) is 0 Å². The summed E-state index contributed by atoms with van der Waals surface area (Å²) >= 11 is 0. The van der Waals surface area contributed by atoms with Crippen molar-refractivity contribution in [2.75, 3.05) is 13.1 Å². The number of hydrogen-bond donors (Lipinski definition) is 0. The molecule has 5 nitrogen and oxygen atoms in total. The van der Waals surface area contributed by atoms with Gasteiger partial charge in [-0.3, -0.25) is 9.59 Å². The van der Waals surface area contributed by atoms with Gasteiger partial charge in [0.2, 0.25) is 0 Å². The first-order valence-corrected chi connectivity index (χ1v) is 8.04. The van der Waals surface area contributed by atoms with Crippen molar-refractivity contribution in [1.29, 1.82) is 0 Å². The SMILES string of the molecule is CC(C)c1ccc(C(=O)C(=O)O[C@H](C)C(=O)N2CCCC2)cc1. The molecule has 0 saturated carbocycles. The maximum atomic E-state index is 12.1. The first kappa shape index (κ1) is 17.2. The molecule has 0 aromatic heterocycles. The summed E-state index contributed by atoms with van der Waals surface area (Å²) < 4.78 is 5.04. The molecule has 124 valence electrons. The van der Waals surface area contributed by atoms with Gasteiger partial charge in [-0.05, 0) is 31.2 Å². The second-order valence-electron chi connectivity index (χ2n) is 6.19. The van der Waals surface area contributed by atoms with Crippen LogP contribution in [-0.2, 0) is 14.3 Å². The summed E-state index contributed by atoms with van der Waals surface area (Å²) in [6.07, 6.45) is 1.00. The molecular weight excluding hydrogens is 294 g/mol. The number of benzene rings is 1. The fraction of sp³-hybridized carbons (Fsp3) is 0.500. The van der Waals surface area contributed by atoms with Gasteiger partial charge in [-0.15, -0.1) is 0 Å². The maximum absolute atomic E-state index is 12.1. The zero-order valence-corrected chi connectivity index (χ0v) is 13.9. The highest BCUT2D eigenvalue weighted by Gasteiger charge is 2.28. The number of ether oxygens (including phenoxy) is 1. The topological polar surface area (TPSA) is 63.7 Å². The Morgan fingerprint density at radius 2 is 1.57 bits per heavy atom. The summed E-state index contributed by atoms with van der Waals surface area (Å²) in [5, 5.41) is 0. The Kier molecular flexibility index (Phi) is 5.53. The Morgan fingerprint density at radius 1 is 1.00 bits per heavy atom. The Balaban J connectivity index is 1.96. The molecule has 1 saturated heterocycles. The third kappa shape index (κ3) is 4.18. The van der Waals surface area contributed by atoms with Crippen LogP contribution in [0.1, 0.15) is 55.5 Å². The third-order valence-corrected chi connectivity index (χ3v) is 4.07. The summed E-state index contributed by atoms with van der Waals surface area (Å²) in [7, 11) is 0. The Morgan fingerprint density at radius 3 is 2.09 bits per heavy atom. The predicted octanol–water partition coefficient (Wildman–Crippen LogP) is 2.55. The van der Waals surface area contributed by atoms with Crippen LogP contribution in [0.5, 0.6) is 0 Å². The molecule has 1 heterocycles. The van der Waals surface area contributed by atoms with Gasteiger partial charge in [0.25, 0.3) is 11.7 Å². The van der Waals surface area contributed by atoms with Gasteiger partial charge in [-0.25, -0.2) is 4.79 Å². The molecule has 1 aromatic carbocycles. The minimum absolute atomic E-state index is 0.237. The first-order chi connectivity index (χ1) is 10.9. The number of Topliss-reactive ketones (excluding diaryl/α,β-unsaturated/α-hetero) is 1. The number of carbonyl (C=O) groups excluding carboxylic acids is 3. The number of esters is 1. The van der Waals surface area contributed by atoms with E-state index in [1.165, 1.54) is 6.92 Å². The van der Waals surface area contributed by atoms with E-state index in [-0.39, 0.29) is 11.5 Å². The summed E-state index contributed by atoms with van der Waals surface area (Å²) in [6.45, 7) is 6.98. The number of carbonyl (C=O) groups is 3. The van der Waals surface area contributed by atoms with Gasteiger partial charge in [0.05, 0.1) is 0 Å². The van der Waals surface area contributed by atoms with Crippen LogP contribution in [0.3, 0.4) is 0 Å². The van der Waals surface area contributed by atoms with Crippen molar-refractivity contribution >= 4 is 17.7 Å². The van der Waals surface area contributed by atoms with Crippen LogP contribution in [0.15, 0.2) is 24.3 Å². The number of likely N-dealkylation sites (tertiary alicyclic amines) is 1. The zero-order chi connectivity index (χ0) is 17.0. The van der Waals surface area contributed by atoms with Gasteiger partial charge >= 0.3 is 5.97 Å². The van der Waals surface area contributed by atoms with E-state index in [2.05, 4.69) is 13.8 Å². The van der Waals surface area contributed by atoms with E-state index in [1.54, 1.807) is 17.0 Å². The lowest BCUT2D eigenvalue weighted by Gasteiger charge is -2.20. The lowest BCUT2D eigenvalue weighted by Crippen LogP contribution is -2.39. The van der Waals surface area contributed by atoms with Crippen molar-refractivity contribution in [2.24, 2.45) is 0 Å². The Labute approximate surface area is 136 Å². The highest BCUT2D eigenvalue weighted by atomic mass is 16.6. The molecule has 0 bridgehead atoms. The fourth-order valence-electron chi connectivity index (χ4n) is 2.60. The van der Waals surface area contributed by atoms with Crippen molar-refractivity contribution in [1.82, 2.24) is 4.90 Å². The molecule has 1 amide bonds. The van der Waals surface area contributed by atoms with Gasteiger partial charge in [-0.2, -0.15) is 0 Å². The summed E-state index contributed by atoms with van der Waals surface area (Å²) in [5.41, 5.74) is 1.37. The van der Waals surface area contributed by atoms with Crippen LogP contribution in [-0.4, -0.2) is 41.8 Å². The van der Waals surface area contributed by atoms with Crippen LogP contribution < -0.4 is 0 Å². The molecule has 1 aliphatic rings. The van der Waals surface area contributed by atoms with Gasteiger partial charge in [0, 0.05) is 18.7 Å². The molecule has 0 spiro atoms. The average molecular weight is 317 g/mol. The molecule has 1 atom stereocenters. The summed E-state index contributed by atoms with van der Waals surface area (Å²) in [6, 6.07) is 6.88. The highest BCUT2D eigenvalue weighted by Crippen LogP contribution is 2.16. The van der Waals surface area contributed by atoms with Crippen molar-refractivity contribution in [3.8, 4) is 0 Å². The molecule has 1 aromatic rings. The largest absolute Gasteiger partial charge is 0.447 e. The smallest absolute Gasteiger partial charge is 0.380 e. The fourth-order valence-corrected chi connectivity index (χ4v) is 2.60. The predicted molar refractivity (Wildman–Crippen MR) is 86.2 cm³/mol. The van der Waals surface area contributed by atoms with Gasteiger partial charge in [-0.1, -0.05) is 38.1 Å². The number of ketones is 1. The molecule has 1 aliphatic heterocycles. The molecule has 0 aliphatic carbocycles. The van der Waals surface area contributed by atoms with Crippen molar-refractivity contribution < 1.29 is 19.1 Å². The van der Waals surface area contributed by atoms with Crippen LogP contribution >= 0.6 is 0 Å². The number of rotatable bonds is 5. The Bertz CT molecular complexity index is 586. The summed E-state index contributed by atoms with van der Waals surface area (Å²) in [5.74, 6) is -1.59. The monoisotopic (exact) mass is 317 g/mol. The van der Waals surface area contributed by atoms with Gasteiger partial charge < -0.3 is 9.64 Å². The van der Waals surface area contributed by atoms with Crippen LogP contribution in [0.2, 0.25) is 0 Å². The molecular formula is C18H23NO4. The van der Waals surface area contributed by atoms with Crippen LogP contribution in [0.4, 0.5) is 0 Å². The van der Waals surface area contributed by atoms with Crippen LogP contribution in [0, 0.1) is 0 Å². The summed E-state index contributed by atoms with van der Waals surface area (Å²) in [4.78, 5) is 37.8. The average Bonchev–Trinajstić information content (AvgIpc) is 3.07. The molecule has 1 fully saturated rings. The zero-order valence-electron chi connectivity index (χ0n) is 13.9. The lowest BCUT2D eigenvalue weighted by atomic mass is 10.0. The van der Waals surface area contributed by atoms with E-state index in [4.69, 9.17) is 4.74 Å².